The molecule has 0 unspecified atom stereocenters. The summed E-state index contributed by atoms with van der Waals surface area (Å²) < 4.78 is 0. The minimum absolute atomic E-state index is 0. The Kier molecular flexibility index (Phi) is 8.37. The van der Waals surface area contributed by atoms with E-state index in [2.05, 4.69) is 10.6 Å². The molecule has 1 fully saturated rings. The molecular weight excluding hydrogens is 344 g/mol. The average Bonchev–Trinajstić information content (AvgIpc) is 2.92. The zero-order valence-corrected chi connectivity index (χ0v) is 14.8. The van der Waals surface area contributed by atoms with E-state index < -0.39 is 5.91 Å². The molecule has 2 atom stereocenters. The van der Waals surface area contributed by atoms with Gasteiger partial charge in [0.2, 0.25) is 11.8 Å². The molecule has 0 bridgehead atoms. The second kappa shape index (κ2) is 10.0. The molecule has 138 valence electrons. The molecule has 1 aromatic carbocycles. The van der Waals surface area contributed by atoms with E-state index in [1.54, 1.807) is 24.3 Å². The highest BCUT2D eigenvalue weighted by atomic mass is 35.5. The highest BCUT2D eigenvalue weighted by Gasteiger charge is 2.26. The van der Waals surface area contributed by atoms with Gasteiger partial charge in [0.15, 0.2) is 0 Å². The number of nitrogens with one attached hydrogen (secondary N) is 2. The molecule has 2 rings (SSSR count). The van der Waals surface area contributed by atoms with E-state index in [4.69, 9.17) is 11.5 Å². The number of anilines is 1. The summed E-state index contributed by atoms with van der Waals surface area (Å²) in [6, 6.07) is 6.76. The highest BCUT2D eigenvalue weighted by Crippen LogP contribution is 2.27. The zero-order chi connectivity index (χ0) is 17.5. The fourth-order valence-corrected chi connectivity index (χ4v) is 2.91. The third kappa shape index (κ3) is 6.72. The van der Waals surface area contributed by atoms with Crippen LogP contribution in [-0.2, 0) is 9.59 Å². The largest absolute Gasteiger partial charge is 0.370 e. The van der Waals surface area contributed by atoms with Crippen molar-refractivity contribution in [1.82, 2.24) is 5.32 Å². The Bertz CT molecular complexity index is 624. The lowest BCUT2D eigenvalue weighted by Crippen LogP contribution is -2.28. The first-order valence-corrected chi connectivity index (χ1v) is 8.17. The van der Waals surface area contributed by atoms with Crippen LogP contribution in [0.25, 0.3) is 0 Å². The van der Waals surface area contributed by atoms with Crippen LogP contribution in [0.5, 0.6) is 0 Å². The quantitative estimate of drug-likeness (QED) is 0.576. The van der Waals surface area contributed by atoms with Gasteiger partial charge in [-0.15, -0.1) is 12.4 Å². The Hall–Kier alpha value is -2.12. The van der Waals surface area contributed by atoms with Gasteiger partial charge >= 0.3 is 0 Å². The predicted octanol–water partition coefficient (Wildman–Crippen LogP) is 1.17. The van der Waals surface area contributed by atoms with E-state index in [1.807, 2.05) is 0 Å². The van der Waals surface area contributed by atoms with Gasteiger partial charge in [-0.05, 0) is 37.0 Å². The summed E-state index contributed by atoms with van der Waals surface area (Å²) in [7, 11) is 0. The van der Waals surface area contributed by atoms with Gasteiger partial charge in [0.1, 0.15) is 0 Å². The number of primary amides is 1. The van der Waals surface area contributed by atoms with Crippen LogP contribution in [0.1, 0.15) is 42.5 Å². The van der Waals surface area contributed by atoms with E-state index >= 15 is 0 Å². The Morgan fingerprint density at radius 3 is 2.60 bits per heavy atom. The fourth-order valence-electron chi connectivity index (χ4n) is 2.91. The lowest BCUT2D eigenvalue weighted by atomic mass is 10.00. The molecule has 1 aliphatic carbocycles. The minimum atomic E-state index is -0.471. The normalized spacial score (nSPS) is 18.9. The topological polar surface area (TPSA) is 127 Å². The Labute approximate surface area is 153 Å². The van der Waals surface area contributed by atoms with Crippen LogP contribution in [-0.4, -0.2) is 30.3 Å². The lowest BCUT2D eigenvalue weighted by molar-refractivity contribution is -0.118. The highest BCUT2D eigenvalue weighted by molar-refractivity contribution is 5.97. The number of nitrogens with two attached hydrogens (primary N) is 2. The van der Waals surface area contributed by atoms with Gasteiger partial charge in [0, 0.05) is 36.7 Å². The summed E-state index contributed by atoms with van der Waals surface area (Å²) >= 11 is 0. The maximum atomic E-state index is 12.1. The van der Waals surface area contributed by atoms with Gasteiger partial charge in [0.25, 0.3) is 5.91 Å². The number of hydrogen-bond acceptors (Lipinski definition) is 4. The Morgan fingerprint density at radius 2 is 1.96 bits per heavy atom. The van der Waals surface area contributed by atoms with Gasteiger partial charge in [-0.3, -0.25) is 14.4 Å². The molecular formula is C17H25ClN4O3. The number of benzene rings is 1. The zero-order valence-electron chi connectivity index (χ0n) is 14.0. The van der Waals surface area contributed by atoms with Crippen LogP contribution >= 0.6 is 12.4 Å². The van der Waals surface area contributed by atoms with Gasteiger partial charge in [-0.25, -0.2) is 0 Å². The van der Waals surface area contributed by atoms with Crippen molar-refractivity contribution >= 4 is 35.8 Å². The molecule has 7 nitrogen and oxygen atoms in total. The molecule has 6 N–H and O–H groups in total. The lowest BCUT2D eigenvalue weighted by Gasteiger charge is -2.15. The molecule has 0 aromatic heterocycles. The first-order chi connectivity index (χ1) is 11.5. The maximum Gasteiger partial charge on any atom is 0.251 e. The van der Waals surface area contributed by atoms with Crippen molar-refractivity contribution < 1.29 is 14.4 Å². The van der Waals surface area contributed by atoms with Crippen LogP contribution in [0, 0.1) is 5.92 Å². The van der Waals surface area contributed by atoms with Crippen molar-refractivity contribution in [2.45, 2.75) is 38.1 Å². The van der Waals surface area contributed by atoms with E-state index in [9.17, 15) is 14.4 Å². The van der Waals surface area contributed by atoms with Gasteiger partial charge in [-0.2, -0.15) is 0 Å². The Morgan fingerprint density at radius 1 is 1.20 bits per heavy atom. The third-order valence-corrected chi connectivity index (χ3v) is 4.23. The SMILES string of the molecule is Cl.NC(=O)CCNC(=O)c1cccc(NC(=O)C[C@@H]2CCC[C@H]2N)c1. The summed E-state index contributed by atoms with van der Waals surface area (Å²) in [4.78, 5) is 34.8. The van der Waals surface area contributed by atoms with Crippen LogP contribution in [0.4, 0.5) is 5.69 Å². The minimum Gasteiger partial charge on any atom is -0.370 e. The second-order valence-electron chi connectivity index (χ2n) is 6.16. The summed E-state index contributed by atoms with van der Waals surface area (Å²) in [5.41, 5.74) is 12.0. The van der Waals surface area contributed by atoms with Gasteiger partial charge in [0.05, 0.1) is 0 Å². The third-order valence-electron chi connectivity index (χ3n) is 4.23. The number of amides is 3. The van der Waals surface area contributed by atoms with E-state index in [0.717, 1.165) is 19.3 Å². The molecule has 0 saturated heterocycles. The molecule has 0 heterocycles. The van der Waals surface area contributed by atoms with Crippen molar-refractivity contribution in [3.05, 3.63) is 29.8 Å². The van der Waals surface area contributed by atoms with Crippen LogP contribution in [0.3, 0.4) is 0 Å². The van der Waals surface area contributed by atoms with Crippen molar-refractivity contribution in [3.63, 3.8) is 0 Å². The molecule has 3 amide bonds. The van der Waals surface area contributed by atoms with Crippen LogP contribution in [0.15, 0.2) is 24.3 Å². The first-order valence-electron chi connectivity index (χ1n) is 8.17. The predicted molar refractivity (Wildman–Crippen MR) is 98.4 cm³/mol. The van der Waals surface area contributed by atoms with Crippen LogP contribution in [0.2, 0.25) is 0 Å². The number of rotatable bonds is 7. The summed E-state index contributed by atoms with van der Waals surface area (Å²) in [5, 5.41) is 5.42. The van der Waals surface area contributed by atoms with Crippen LogP contribution < -0.4 is 22.1 Å². The second-order valence-corrected chi connectivity index (χ2v) is 6.16. The van der Waals surface area contributed by atoms with Crippen molar-refractivity contribution in [3.8, 4) is 0 Å². The van der Waals surface area contributed by atoms with Crippen molar-refractivity contribution in [2.24, 2.45) is 17.4 Å². The molecule has 1 saturated carbocycles. The first kappa shape index (κ1) is 20.9. The van der Waals surface area contributed by atoms with Gasteiger partial charge in [-0.1, -0.05) is 12.5 Å². The molecule has 0 aliphatic heterocycles. The molecule has 25 heavy (non-hydrogen) atoms. The summed E-state index contributed by atoms with van der Waals surface area (Å²) in [5.74, 6) is -0.652. The number of hydrogen-bond donors (Lipinski definition) is 4. The maximum absolute atomic E-state index is 12.1. The fraction of sp³-hybridized carbons (Fsp3) is 0.471. The average molecular weight is 369 g/mol. The standard InChI is InChI=1S/C17H24N4O3.ClH/c18-14-6-2-3-11(14)10-16(23)21-13-5-1-4-12(9-13)17(24)20-8-7-15(19)22;/h1,4-5,9,11,14H,2-3,6-8,10,18H2,(H2,19,22)(H,20,24)(H,21,23);1H/t11-,14+;/m0./s1. The molecule has 0 spiro atoms. The monoisotopic (exact) mass is 368 g/mol. The van der Waals surface area contributed by atoms with Crippen molar-refractivity contribution in [1.29, 1.82) is 0 Å². The van der Waals surface area contributed by atoms with Gasteiger partial charge < -0.3 is 22.1 Å². The van der Waals surface area contributed by atoms with E-state index in [0.29, 0.717) is 17.7 Å². The number of halogens is 1. The molecule has 8 heteroatoms. The summed E-state index contributed by atoms with van der Waals surface area (Å²) in [6.07, 6.45) is 3.51. The molecule has 0 radical (unpaired) electrons. The van der Waals surface area contributed by atoms with E-state index in [-0.39, 0.29) is 49.1 Å². The van der Waals surface area contributed by atoms with E-state index in [1.165, 1.54) is 0 Å². The smallest absolute Gasteiger partial charge is 0.251 e. The number of carbonyl (C=O) groups is 3. The summed E-state index contributed by atoms with van der Waals surface area (Å²) in [6.45, 7) is 0.185. The molecule has 1 aliphatic rings. The van der Waals surface area contributed by atoms with Crippen molar-refractivity contribution in [2.75, 3.05) is 11.9 Å². The Balaban J connectivity index is 0.00000312. The number of carbonyl (C=O) groups excluding carboxylic acids is 3. The molecule has 1 aromatic rings.